The summed E-state index contributed by atoms with van der Waals surface area (Å²) >= 11 is 14.4. The minimum atomic E-state index is -0.206. The van der Waals surface area contributed by atoms with Gasteiger partial charge in [0.25, 0.3) is 0 Å². The molecule has 0 aliphatic carbocycles. The SMILES string of the molecule is Cn1cc(-c2c(Cl)cccc2Cl)c(=O)c2cnc(Nc3cc4c(s3)CCNC4)nc21. The molecule has 152 valence electrons. The third-order valence-electron chi connectivity index (χ3n) is 5.12. The molecule has 1 aliphatic heterocycles. The van der Waals surface area contributed by atoms with Gasteiger partial charge in [-0.25, -0.2) is 4.98 Å². The van der Waals surface area contributed by atoms with Crippen LogP contribution < -0.4 is 16.1 Å². The number of rotatable bonds is 3. The molecule has 0 saturated carbocycles. The van der Waals surface area contributed by atoms with Crippen LogP contribution in [-0.4, -0.2) is 21.1 Å². The molecule has 6 nitrogen and oxygen atoms in total. The Morgan fingerprint density at radius 3 is 2.83 bits per heavy atom. The van der Waals surface area contributed by atoms with Crippen LogP contribution in [-0.2, 0) is 20.0 Å². The van der Waals surface area contributed by atoms with Crippen LogP contribution in [0.15, 0.2) is 41.5 Å². The quantitative estimate of drug-likeness (QED) is 0.464. The minimum absolute atomic E-state index is 0.206. The number of pyridine rings is 1. The van der Waals surface area contributed by atoms with E-state index in [1.54, 1.807) is 46.5 Å². The summed E-state index contributed by atoms with van der Waals surface area (Å²) in [7, 11) is 1.84. The van der Waals surface area contributed by atoms with Crippen LogP contribution >= 0.6 is 34.5 Å². The first-order valence-corrected chi connectivity index (χ1v) is 11.0. The molecule has 0 bridgehead atoms. The van der Waals surface area contributed by atoms with E-state index in [1.165, 1.54) is 10.4 Å². The molecule has 4 heterocycles. The second kappa shape index (κ2) is 7.67. The molecule has 5 rings (SSSR count). The highest BCUT2D eigenvalue weighted by Gasteiger charge is 2.17. The lowest BCUT2D eigenvalue weighted by Crippen LogP contribution is -2.21. The van der Waals surface area contributed by atoms with Gasteiger partial charge in [0.2, 0.25) is 11.4 Å². The van der Waals surface area contributed by atoms with E-state index in [0.29, 0.717) is 38.2 Å². The van der Waals surface area contributed by atoms with Crippen LogP contribution in [0, 0.1) is 0 Å². The van der Waals surface area contributed by atoms with Crippen molar-refractivity contribution in [3.8, 4) is 11.1 Å². The van der Waals surface area contributed by atoms with Crippen LogP contribution in [0.2, 0.25) is 10.0 Å². The Balaban J connectivity index is 1.57. The molecule has 30 heavy (non-hydrogen) atoms. The lowest BCUT2D eigenvalue weighted by molar-refractivity contribution is 0.653. The fourth-order valence-corrected chi connectivity index (χ4v) is 5.35. The van der Waals surface area contributed by atoms with Crippen LogP contribution in [0.4, 0.5) is 10.9 Å². The first kappa shape index (κ1) is 19.5. The highest BCUT2D eigenvalue weighted by Crippen LogP contribution is 2.34. The molecule has 2 N–H and O–H groups in total. The van der Waals surface area contributed by atoms with Crippen molar-refractivity contribution in [1.82, 2.24) is 19.9 Å². The molecule has 1 aliphatic rings. The lowest BCUT2D eigenvalue weighted by atomic mass is 10.1. The van der Waals surface area contributed by atoms with Crippen LogP contribution in [0.5, 0.6) is 0 Å². The third-order valence-corrected chi connectivity index (χ3v) is 6.91. The van der Waals surface area contributed by atoms with E-state index in [-0.39, 0.29) is 5.43 Å². The topological polar surface area (TPSA) is 71.8 Å². The summed E-state index contributed by atoms with van der Waals surface area (Å²) in [6.07, 6.45) is 4.29. The number of benzene rings is 1. The second-order valence-corrected chi connectivity index (χ2v) is 9.07. The highest BCUT2D eigenvalue weighted by molar-refractivity contribution is 7.16. The summed E-state index contributed by atoms with van der Waals surface area (Å²) in [5.41, 5.74) is 2.57. The zero-order chi connectivity index (χ0) is 20.8. The van der Waals surface area contributed by atoms with Gasteiger partial charge in [-0.15, -0.1) is 11.3 Å². The maximum Gasteiger partial charge on any atom is 0.229 e. The lowest BCUT2D eigenvalue weighted by Gasteiger charge is -2.12. The standard InChI is InChI=1S/C21H17Cl2N5OS/c1-28-10-13(18-14(22)3-2-4-15(18)23)19(29)12-9-25-21(27-20(12)28)26-17-7-11-8-24-6-5-16(11)30-17/h2-4,7,9-10,24H,5-6,8H2,1H3,(H,25,26,27). The molecule has 4 aromatic rings. The number of aryl methyl sites for hydroxylation is 1. The van der Waals surface area contributed by atoms with Crippen LogP contribution in [0.25, 0.3) is 22.2 Å². The van der Waals surface area contributed by atoms with Gasteiger partial charge in [-0.2, -0.15) is 4.98 Å². The number of fused-ring (bicyclic) bond motifs is 2. The van der Waals surface area contributed by atoms with E-state index >= 15 is 0 Å². The monoisotopic (exact) mass is 457 g/mol. The van der Waals surface area contributed by atoms with E-state index in [9.17, 15) is 4.79 Å². The maximum absolute atomic E-state index is 13.2. The molecular formula is C21H17Cl2N5OS. The summed E-state index contributed by atoms with van der Waals surface area (Å²) < 4.78 is 1.79. The number of hydrogen-bond donors (Lipinski definition) is 2. The molecule has 3 aromatic heterocycles. The van der Waals surface area contributed by atoms with Gasteiger partial charge in [-0.1, -0.05) is 29.3 Å². The molecule has 0 spiro atoms. The normalized spacial score (nSPS) is 13.4. The number of hydrogen-bond acceptors (Lipinski definition) is 6. The van der Waals surface area contributed by atoms with Crippen molar-refractivity contribution >= 4 is 56.5 Å². The van der Waals surface area contributed by atoms with Gasteiger partial charge in [0, 0.05) is 48.5 Å². The second-order valence-electron chi connectivity index (χ2n) is 7.12. The Morgan fingerprint density at radius 1 is 1.27 bits per heavy atom. The van der Waals surface area contributed by atoms with Crippen molar-refractivity contribution in [2.75, 3.05) is 11.9 Å². The summed E-state index contributed by atoms with van der Waals surface area (Å²) in [5, 5.41) is 8.90. The number of thiophene rings is 1. The van der Waals surface area contributed by atoms with Crippen molar-refractivity contribution < 1.29 is 0 Å². The van der Waals surface area contributed by atoms with Gasteiger partial charge < -0.3 is 15.2 Å². The molecule has 0 unspecified atom stereocenters. The fraction of sp³-hybridized carbons (Fsp3) is 0.190. The number of anilines is 2. The Kier molecular flexibility index (Phi) is 4.99. The Bertz CT molecular complexity index is 1300. The molecule has 1 aromatic carbocycles. The zero-order valence-corrected chi connectivity index (χ0v) is 18.3. The molecule has 0 fully saturated rings. The largest absolute Gasteiger partial charge is 0.335 e. The van der Waals surface area contributed by atoms with E-state index in [0.717, 1.165) is 24.5 Å². The molecular weight excluding hydrogens is 441 g/mol. The van der Waals surface area contributed by atoms with E-state index < -0.39 is 0 Å². The van der Waals surface area contributed by atoms with Gasteiger partial charge >= 0.3 is 0 Å². The molecule has 0 saturated heterocycles. The highest BCUT2D eigenvalue weighted by atomic mass is 35.5. The zero-order valence-electron chi connectivity index (χ0n) is 16.0. The average Bonchev–Trinajstić information content (AvgIpc) is 3.13. The smallest absolute Gasteiger partial charge is 0.229 e. The summed E-state index contributed by atoms with van der Waals surface area (Å²) in [5.74, 6) is 0.451. The van der Waals surface area contributed by atoms with Gasteiger partial charge in [0.1, 0.15) is 5.65 Å². The van der Waals surface area contributed by atoms with Crippen molar-refractivity contribution in [2.24, 2.45) is 7.05 Å². The van der Waals surface area contributed by atoms with Crippen molar-refractivity contribution in [3.63, 3.8) is 0 Å². The summed E-state index contributed by atoms with van der Waals surface area (Å²) in [4.78, 5) is 23.5. The number of halogens is 2. The first-order valence-electron chi connectivity index (χ1n) is 9.41. The van der Waals surface area contributed by atoms with E-state index in [2.05, 4.69) is 26.7 Å². The van der Waals surface area contributed by atoms with Gasteiger partial charge in [-0.3, -0.25) is 4.79 Å². The van der Waals surface area contributed by atoms with Crippen molar-refractivity contribution in [3.05, 3.63) is 67.4 Å². The average molecular weight is 458 g/mol. The molecule has 9 heteroatoms. The van der Waals surface area contributed by atoms with Gasteiger partial charge in [-0.05, 0) is 30.2 Å². The third kappa shape index (κ3) is 3.37. The minimum Gasteiger partial charge on any atom is -0.335 e. The summed E-state index contributed by atoms with van der Waals surface area (Å²) in [6, 6.07) is 7.30. The van der Waals surface area contributed by atoms with Crippen molar-refractivity contribution in [2.45, 2.75) is 13.0 Å². The molecule has 0 amide bonds. The predicted molar refractivity (Wildman–Crippen MR) is 123 cm³/mol. The Hall–Kier alpha value is -2.45. The Morgan fingerprint density at radius 2 is 2.07 bits per heavy atom. The van der Waals surface area contributed by atoms with Crippen LogP contribution in [0.3, 0.4) is 0 Å². The number of aromatic nitrogens is 3. The van der Waals surface area contributed by atoms with Gasteiger partial charge in [0.05, 0.1) is 20.4 Å². The number of nitrogens with zero attached hydrogens (tertiary/aromatic N) is 3. The Labute approximate surface area is 186 Å². The fourth-order valence-electron chi connectivity index (χ4n) is 3.68. The molecule has 0 radical (unpaired) electrons. The van der Waals surface area contributed by atoms with E-state index in [1.807, 2.05) is 7.05 Å². The van der Waals surface area contributed by atoms with E-state index in [4.69, 9.17) is 23.2 Å². The summed E-state index contributed by atoms with van der Waals surface area (Å²) in [6.45, 7) is 1.88. The molecule has 0 atom stereocenters. The maximum atomic E-state index is 13.2. The first-order chi connectivity index (χ1) is 14.5. The van der Waals surface area contributed by atoms with Crippen molar-refractivity contribution in [1.29, 1.82) is 0 Å². The van der Waals surface area contributed by atoms with Gasteiger partial charge in [0.15, 0.2) is 0 Å². The predicted octanol–water partition coefficient (Wildman–Crippen LogP) is 4.75. The number of nitrogens with one attached hydrogen (secondary N) is 2. The van der Waals surface area contributed by atoms with Crippen LogP contribution in [0.1, 0.15) is 10.4 Å².